The highest BCUT2D eigenvalue weighted by molar-refractivity contribution is 5.98. The molecule has 1 amide bonds. The number of aromatic nitrogens is 2. The summed E-state index contributed by atoms with van der Waals surface area (Å²) in [4.78, 5) is 20.7. The van der Waals surface area contributed by atoms with Crippen LogP contribution in [0.2, 0.25) is 0 Å². The van der Waals surface area contributed by atoms with E-state index in [-0.39, 0.29) is 5.91 Å². The van der Waals surface area contributed by atoms with Crippen molar-refractivity contribution < 1.29 is 4.79 Å². The van der Waals surface area contributed by atoms with Gasteiger partial charge in [-0.1, -0.05) is 12.2 Å². The standard InChI is InChI=1S/C17H26N6O/c1-18-17(19-10-14-6-4-3-5-7-14)22-8-9-23(16(24)13-22)15-11-20-21(2)12-15/h3-4,11-12,14H,5-10,13H2,1-2H3,(H,18,19). The predicted octanol–water partition coefficient (Wildman–Crippen LogP) is 1.00. The third-order valence-electron chi connectivity index (χ3n) is 4.66. The zero-order valence-electron chi connectivity index (χ0n) is 14.5. The summed E-state index contributed by atoms with van der Waals surface area (Å²) in [5.41, 5.74) is 0.860. The average molecular weight is 330 g/mol. The summed E-state index contributed by atoms with van der Waals surface area (Å²) in [6.45, 7) is 2.68. The van der Waals surface area contributed by atoms with Crippen LogP contribution in [0.4, 0.5) is 5.69 Å². The lowest BCUT2D eigenvalue weighted by molar-refractivity contribution is -0.120. The molecule has 0 saturated carbocycles. The molecule has 1 atom stereocenters. The normalized spacial score (nSPS) is 22.2. The van der Waals surface area contributed by atoms with Gasteiger partial charge in [-0.15, -0.1) is 0 Å². The molecule has 1 saturated heterocycles. The van der Waals surface area contributed by atoms with Crippen molar-refractivity contribution in [2.24, 2.45) is 18.0 Å². The minimum Gasteiger partial charge on any atom is -0.356 e. The minimum atomic E-state index is 0.0813. The van der Waals surface area contributed by atoms with Crippen LogP contribution in [0, 0.1) is 5.92 Å². The largest absolute Gasteiger partial charge is 0.356 e. The quantitative estimate of drug-likeness (QED) is 0.510. The number of hydrogen-bond acceptors (Lipinski definition) is 3. The van der Waals surface area contributed by atoms with E-state index in [4.69, 9.17) is 0 Å². The number of carbonyl (C=O) groups excluding carboxylic acids is 1. The first kappa shape index (κ1) is 16.5. The zero-order chi connectivity index (χ0) is 16.9. The molecule has 0 spiro atoms. The van der Waals surface area contributed by atoms with E-state index in [0.717, 1.165) is 37.6 Å². The second kappa shape index (κ2) is 7.51. The van der Waals surface area contributed by atoms with Gasteiger partial charge in [0.05, 0.1) is 11.9 Å². The first-order valence-corrected chi connectivity index (χ1v) is 8.57. The third-order valence-corrected chi connectivity index (χ3v) is 4.66. The smallest absolute Gasteiger partial charge is 0.246 e. The molecule has 1 aromatic heterocycles. The number of aliphatic imine (C=N–C) groups is 1. The number of rotatable bonds is 3. The molecule has 3 rings (SSSR count). The highest BCUT2D eigenvalue weighted by Crippen LogP contribution is 2.18. The molecule has 7 heteroatoms. The van der Waals surface area contributed by atoms with Crippen LogP contribution in [0.3, 0.4) is 0 Å². The molecule has 2 aliphatic rings. The molecule has 1 fully saturated rings. The van der Waals surface area contributed by atoms with Crippen LogP contribution in [-0.4, -0.2) is 59.8 Å². The van der Waals surface area contributed by atoms with Crippen molar-refractivity contribution in [3.05, 3.63) is 24.5 Å². The summed E-state index contributed by atoms with van der Waals surface area (Å²) >= 11 is 0. The van der Waals surface area contributed by atoms with Crippen molar-refractivity contribution in [1.29, 1.82) is 0 Å². The Balaban J connectivity index is 1.55. The van der Waals surface area contributed by atoms with Crippen LogP contribution in [0.1, 0.15) is 19.3 Å². The van der Waals surface area contributed by atoms with Crippen molar-refractivity contribution in [2.45, 2.75) is 19.3 Å². The van der Waals surface area contributed by atoms with E-state index in [1.807, 2.05) is 18.1 Å². The van der Waals surface area contributed by atoms with E-state index >= 15 is 0 Å². The van der Waals surface area contributed by atoms with E-state index in [1.165, 1.54) is 6.42 Å². The number of nitrogens with zero attached hydrogens (tertiary/aromatic N) is 5. The Morgan fingerprint density at radius 1 is 1.42 bits per heavy atom. The van der Waals surface area contributed by atoms with E-state index in [2.05, 4.69) is 27.6 Å². The summed E-state index contributed by atoms with van der Waals surface area (Å²) in [6.07, 6.45) is 11.6. The molecule has 7 nitrogen and oxygen atoms in total. The van der Waals surface area contributed by atoms with Gasteiger partial charge in [-0.3, -0.25) is 14.5 Å². The maximum absolute atomic E-state index is 12.5. The number of allylic oxidation sites excluding steroid dienone is 2. The van der Waals surface area contributed by atoms with Gasteiger partial charge in [-0.25, -0.2) is 0 Å². The second-order valence-electron chi connectivity index (χ2n) is 6.42. The van der Waals surface area contributed by atoms with Gasteiger partial charge < -0.3 is 15.1 Å². The van der Waals surface area contributed by atoms with Crippen LogP contribution in [-0.2, 0) is 11.8 Å². The van der Waals surface area contributed by atoms with Crippen molar-refractivity contribution in [1.82, 2.24) is 20.0 Å². The second-order valence-corrected chi connectivity index (χ2v) is 6.42. The molecule has 0 radical (unpaired) electrons. The fourth-order valence-electron chi connectivity index (χ4n) is 3.28. The van der Waals surface area contributed by atoms with Gasteiger partial charge in [-0.05, 0) is 25.2 Å². The molecule has 1 aromatic rings. The average Bonchev–Trinajstić information content (AvgIpc) is 3.02. The first-order chi connectivity index (χ1) is 11.7. The Bertz CT molecular complexity index is 635. The number of guanidine groups is 1. The molecule has 24 heavy (non-hydrogen) atoms. The van der Waals surface area contributed by atoms with Crippen molar-refractivity contribution in [2.75, 3.05) is 38.1 Å². The molecular formula is C17H26N6O. The highest BCUT2D eigenvalue weighted by atomic mass is 16.2. The van der Waals surface area contributed by atoms with Crippen molar-refractivity contribution >= 4 is 17.6 Å². The lowest BCUT2D eigenvalue weighted by Gasteiger charge is -2.35. The summed E-state index contributed by atoms with van der Waals surface area (Å²) in [6, 6.07) is 0. The van der Waals surface area contributed by atoms with Crippen LogP contribution >= 0.6 is 0 Å². The number of aryl methyl sites for hydroxylation is 1. The third kappa shape index (κ3) is 3.77. The van der Waals surface area contributed by atoms with Gasteiger partial charge in [0, 0.05) is 39.9 Å². The molecule has 0 aromatic carbocycles. The molecule has 2 heterocycles. The Kier molecular flexibility index (Phi) is 5.17. The van der Waals surface area contributed by atoms with Crippen LogP contribution < -0.4 is 10.2 Å². The first-order valence-electron chi connectivity index (χ1n) is 8.57. The summed E-state index contributed by atoms with van der Waals surface area (Å²) < 4.78 is 1.72. The van der Waals surface area contributed by atoms with Crippen molar-refractivity contribution in [3.8, 4) is 0 Å². The SMILES string of the molecule is CN=C(NCC1CC=CCC1)N1CCN(c2cnn(C)c2)C(=O)C1. The Hall–Kier alpha value is -2.31. The van der Waals surface area contributed by atoms with E-state index in [9.17, 15) is 4.79 Å². The van der Waals surface area contributed by atoms with Crippen LogP contribution in [0.5, 0.6) is 0 Å². The van der Waals surface area contributed by atoms with E-state index in [1.54, 1.807) is 22.8 Å². The van der Waals surface area contributed by atoms with Crippen LogP contribution in [0.25, 0.3) is 0 Å². The molecule has 1 aliphatic heterocycles. The summed E-state index contributed by atoms with van der Waals surface area (Å²) in [5, 5.41) is 7.59. The zero-order valence-corrected chi connectivity index (χ0v) is 14.5. The highest BCUT2D eigenvalue weighted by Gasteiger charge is 2.27. The van der Waals surface area contributed by atoms with Gasteiger partial charge in [0.25, 0.3) is 0 Å². The van der Waals surface area contributed by atoms with Gasteiger partial charge >= 0.3 is 0 Å². The maximum atomic E-state index is 12.5. The summed E-state index contributed by atoms with van der Waals surface area (Å²) in [7, 11) is 3.64. The van der Waals surface area contributed by atoms with Gasteiger partial charge in [0.1, 0.15) is 6.54 Å². The predicted molar refractivity (Wildman–Crippen MR) is 95.0 cm³/mol. The summed E-state index contributed by atoms with van der Waals surface area (Å²) in [5.74, 6) is 1.56. The fourth-order valence-corrected chi connectivity index (χ4v) is 3.28. The monoisotopic (exact) mass is 330 g/mol. The van der Waals surface area contributed by atoms with E-state index in [0.29, 0.717) is 19.0 Å². The van der Waals surface area contributed by atoms with E-state index < -0.39 is 0 Å². The van der Waals surface area contributed by atoms with Gasteiger partial charge in [-0.2, -0.15) is 5.10 Å². The topological polar surface area (TPSA) is 65.8 Å². The fraction of sp³-hybridized carbons (Fsp3) is 0.588. The molecule has 1 aliphatic carbocycles. The number of nitrogens with one attached hydrogen (secondary N) is 1. The van der Waals surface area contributed by atoms with Crippen molar-refractivity contribution in [3.63, 3.8) is 0 Å². The molecule has 1 unspecified atom stereocenters. The maximum Gasteiger partial charge on any atom is 0.246 e. The van der Waals surface area contributed by atoms with Gasteiger partial charge in [0.2, 0.25) is 5.91 Å². The Labute approximate surface area is 143 Å². The minimum absolute atomic E-state index is 0.0813. The molecule has 0 bridgehead atoms. The molecule has 1 N–H and O–H groups in total. The number of amides is 1. The number of piperazine rings is 1. The lowest BCUT2D eigenvalue weighted by atomic mass is 9.94. The number of carbonyl (C=O) groups is 1. The Morgan fingerprint density at radius 3 is 2.92 bits per heavy atom. The Morgan fingerprint density at radius 2 is 2.29 bits per heavy atom. The molecular weight excluding hydrogens is 304 g/mol. The molecule has 130 valence electrons. The number of hydrogen-bond donors (Lipinski definition) is 1. The van der Waals surface area contributed by atoms with Gasteiger partial charge in [0.15, 0.2) is 5.96 Å². The number of anilines is 1. The lowest BCUT2D eigenvalue weighted by Crippen LogP contribution is -2.55. The van der Waals surface area contributed by atoms with Crippen LogP contribution in [0.15, 0.2) is 29.5 Å².